The molecule has 5 nitrogen and oxygen atoms in total. The Hall–Kier alpha value is -1.27. The number of fused-ring (bicyclic) bond motifs is 1. The summed E-state index contributed by atoms with van der Waals surface area (Å²) in [6.07, 6.45) is 0.755. The van der Waals surface area contributed by atoms with Gasteiger partial charge in [0.1, 0.15) is 0 Å². The van der Waals surface area contributed by atoms with Crippen LogP contribution in [-0.4, -0.2) is 43.4 Å². The van der Waals surface area contributed by atoms with Crippen molar-refractivity contribution in [2.75, 3.05) is 18.1 Å². The monoisotopic (exact) mass is 344 g/mol. The number of hydrogen-bond donors (Lipinski definition) is 1. The molecule has 1 aromatic carbocycles. The number of sulfone groups is 1. The van der Waals surface area contributed by atoms with Gasteiger partial charge in [0.05, 0.1) is 5.75 Å². The number of nitrogens with zero attached hydrogens (tertiary/aromatic N) is 1. The fourth-order valence-corrected chi connectivity index (χ4v) is 3.81. The predicted octanol–water partition coefficient (Wildman–Crippen LogP) is 2.23. The summed E-state index contributed by atoms with van der Waals surface area (Å²) in [5.74, 6) is 0.0559. The van der Waals surface area contributed by atoms with Crippen molar-refractivity contribution in [2.24, 2.45) is 0 Å². The third-order valence-corrected chi connectivity index (χ3v) is 5.90. The lowest BCUT2D eigenvalue weighted by Crippen LogP contribution is -2.47. The fourth-order valence-electron chi connectivity index (χ4n) is 2.54. The van der Waals surface area contributed by atoms with Gasteiger partial charge in [0.2, 0.25) is 0 Å². The lowest BCUT2D eigenvalue weighted by molar-refractivity contribution is 0.190. The summed E-state index contributed by atoms with van der Waals surface area (Å²) in [7, 11) is -3.10. The second-order valence-corrected chi connectivity index (χ2v) is 8.47. The Balaban J connectivity index is 1.96. The fraction of sp³-hybridized carbons (Fsp3) is 0.533. The average Bonchev–Trinajstić information content (AvgIpc) is 2.45. The van der Waals surface area contributed by atoms with Gasteiger partial charge in [-0.25, -0.2) is 13.2 Å². The molecule has 0 saturated heterocycles. The summed E-state index contributed by atoms with van der Waals surface area (Å²) < 4.78 is 23.2. The molecular weight excluding hydrogens is 324 g/mol. The zero-order valence-electron chi connectivity index (χ0n) is 12.8. The number of nitrogens with one attached hydrogen (secondary N) is 1. The summed E-state index contributed by atoms with van der Waals surface area (Å²) in [6, 6.07) is 5.06. The van der Waals surface area contributed by atoms with E-state index in [9.17, 15) is 13.2 Å². The third kappa shape index (κ3) is 4.36. The van der Waals surface area contributed by atoms with Gasteiger partial charge < -0.3 is 10.2 Å². The van der Waals surface area contributed by atoms with E-state index in [1.807, 2.05) is 18.2 Å². The standard InChI is InChI=1S/C15H21ClN2O3S/c1-3-22(20,21)10-11(2)17-15(19)18-7-6-12-8-14(16)5-4-13(12)9-18/h4-5,8,11H,3,6-7,9-10H2,1-2H3,(H,17,19)/t11-/m1/s1. The molecule has 2 amide bonds. The van der Waals surface area contributed by atoms with E-state index in [1.165, 1.54) is 0 Å². The van der Waals surface area contributed by atoms with Gasteiger partial charge in [-0.1, -0.05) is 24.6 Å². The van der Waals surface area contributed by atoms with E-state index in [1.54, 1.807) is 18.7 Å². The molecule has 2 rings (SSSR count). The third-order valence-electron chi connectivity index (χ3n) is 3.78. The number of carbonyl (C=O) groups is 1. The number of benzene rings is 1. The lowest BCUT2D eigenvalue weighted by atomic mass is 10.0. The molecule has 1 aromatic rings. The van der Waals surface area contributed by atoms with E-state index in [-0.39, 0.29) is 17.5 Å². The van der Waals surface area contributed by atoms with Gasteiger partial charge >= 0.3 is 6.03 Å². The summed E-state index contributed by atoms with van der Waals surface area (Å²) in [6.45, 7) is 4.44. The number of amides is 2. The molecule has 0 spiro atoms. The van der Waals surface area contributed by atoms with Gasteiger partial charge in [0, 0.05) is 29.9 Å². The molecule has 0 radical (unpaired) electrons. The first-order valence-electron chi connectivity index (χ1n) is 7.34. The van der Waals surface area contributed by atoms with Gasteiger partial charge in [-0.3, -0.25) is 0 Å². The summed E-state index contributed by atoms with van der Waals surface area (Å²) in [5, 5.41) is 3.47. The van der Waals surface area contributed by atoms with E-state index >= 15 is 0 Å². The van der Waals surface area contributed by atoms with Crippen molar-refractivity contribution in [2.45, 2.75) is 32.9 Å². The maximum Gasteiger partial charge on any atom is 0.317 e. The van der Waals surface area contributed by atoms with Gasteiger partial charge in [-0.15, -0.1) is 0 Å². The normalized spacial score (nSPS) is 16.0. The zero-order valence-corrected chi connectivity index (χ0v) is 14.4. The minimum atomic E-state index is -3.10. The van der Waals surface area contributed by atoms with Crippen molar-refractivity contribution in [1.82, 2.24) is 10.2 Å². The molecule has 1 aliphatic heterocycles. The van der Waals surface area contributed by atoms with Gasteiger partial charge in [-0.05, 0) is 36.6 Å². The maximum atomic E-state index is 12.3. The molecular formula is C15H21ClN2O3S. The van der Waals surface area contributed by atoms with Crippen LogP contribution in [0, 0.1) is 0 Å². The Labute approximate surface area is 136 Å². The van der Waals surface area contributed by atoms with E-state index in [0.717, 1.165) is 17.5 Å². The minimum absolute atomic E-state index is 0.0325. The Bertz CT molecular complexity index is 661. The molecule has 1 atom stereocenters. The van der Waals surface area contributed by atoms with Crippen LogP contribution in [0.5, 0.6) is 0 Å². The van der Waals surface area contributed by atoms with Gasteiger partial charge in [-0.2, -0.15) is 0 Å². The Kier molecular flexibility index (Phi) is 5.34. The highest BCUT2D eigenvalue weighted by atomic mass is 35.5. The molecule has 0 fully saturated rings. The van der Waals surface area contributed by atoms with Gasteiger partial charge in [0.25, 0.3) is 0 Å². The molecule has 7 heteroatoms. The number of urea groups is 1. The topological polar surface area (TPSA) is 66.5 Å². The molecule has 0 aromatic heterocycles. The highest BCUT2D eigenvalue weighted by molar-refractivity contribution is 7.91. The molecule has 0 bridgehead atoms. The first-order chi connectivity index (χ1) is 10.3. The summed E-state index contributed by atoms with van der Waals surface area (Å²) in [4.78, 5) is 14.0. The molecule has 0 unspecified atom stereocenters. The lowest BCUT2D eigenvalue weighted by Gasteiger charge is -2.30. The number of rotatable bonds is 4. The van der Waals surface area contributed by atoms with E-state index < -0.39 is 15.9 Å². The Morgan fingerprint density at radius 2 is 2.14 bits per heavy atom. The van der Waals surface area contributed by atoms with Gasteiger partial charge in [0.15, 0.2) is 9.84 Å². The van der Waals surface area contributed by atoms with Crippen LogP contribution < -0.4 is 5.32 Å². The molecule has 1 aliphatic rings. The van der Waals surface area contributed by atoms with Crippen molar-refractivity contribution in [1.29, 1.82) is 0 Å². The molecule has 0 saturated carbocycles. The van der Waals surface area contributed by atoms with Crippen LogP contribution in [0.15, 0.2) is 18.2 Å². The smallest absolute Gasteiger partial charge is 0.317 e. The maximum absolute atomic E-state index is 12.3. The molecule has 122 valence electrons. The largest absolute Gasteiger partial charge is 0.335 e. The zero-order chi connectivity index (χ0) is 16.3. The van der Waals surface area contributed by atoms with E-state index in [0.29, 0.717) is 18.1 Å². The van der Waals surface area contributed by atoms with Crippen LogP contribution >= 0.6 is 11.6 Å². The van der Waals surface area contributed by atoms with Crippen molar-refractivity contribution in [3.05, 3.63) is 34.3 Å². The minimum Gasteiger partial charge on any atom is -0.335 e. The highest BCUT2D eigenvalue weighted by Gasteiger charge is 2.23. The number of carbonyl (C=O) groups excluding carboxylic acids is 1. The summed E-state index contributed by atoms with van der Waals surface area (Å²) >= 11 is 5.97. The van der Waals surface area contributed by atoms with Crippen LogP contribution in [0.25, 0.3) is 0 Å². The average molecular weight is 345 g/mol. The van der Waals surface area contributed by atoms with Crippen molar-refractivity contribution < 1.29 is 13.2 Å². The Morgan fingerprint density at radius 3 is 2.82 bits per heavy atom. The Morgan fingerprint density at radius 1 is 1.41 bits per heavy atom. The van der Waals surface area contributed by atoms with Crippen LogP contribution in [0.4, 0.5) is 4.79 Å². The SMILES string of the molecule is CCS(=O)(=O)C[C@@H](C)NC(=O)N1CCc2cc(Cl)ccc2C1. The van der Waals surface area contributed by atoms with Crippen LogP contribution in [-0.2, 0) is 22.8 Å². The van der Waals surface area contributed by atoms with Crippen molar-refractivity contribution in [3.63, 3.8) is 0 Å². The van der Waals surface area contributed by atoms with E-state index in [4.69, 9.17) is 11.6 Å². The molecule has 0 aliphatic carbocycles. The molecule has 22 heavy (non-hydrogen) atoms. The van der Waals surface area contributed by atoms with Crippen LogP contribution in [0.2, 0.25) is 5.02 Å². The second kappa shape index (κ2) is 6.87. The predicted molar refractivity (Wildman–Crippen MR) is 87.9 cm³/mol. The molecule has 1 N–H and O–H groups in total. The van der Waals surface area contributed by atoms with E-state index in [2.05, 4.69) is 5.32 Å². The second-order valence-electron chi connectivity index (χ2n) is 5.63. The quantitative estimate of drug-likeness (QED) is 0.910. The first-order valence-corrected chi connectivity index (χ1v) is 9.54. The highest BCUT2D eigenvalue weighted by Crippen LogP contribution is 2.22. The number of hydrogen-bond acceptors (Lipinski definition) is 3. The van der Waals surface area contributed by atoms with Crippen molar-refractivity contribution >= 4 is 27.5 Å². The van der Waals surface area contributed by atoms with Crippen molar-refractivity contribution in [3.8, 4) is 0 Å². The molecule has 1 heterocycles. The van der Waals surface area contributed by atoms with Crippen LogP contribution in [0.1, 0.15) is 25.0 Å². The summed E-state index contributed by atoms with van der Waals surface area (Å²) in [5.41, 5.74) is 2.25. The first kappa shape index (κ1) is 17.1. The van der Waals surface area contributed by atoms with Crippen LogP contribution in [0.3, 0.4) is 0 Å². The number of halogens is 1.